The number of aliphatic hydroxyl groups excluding tert-OH is 1. The molecule has 278 valence electrons. The number of hydroxylamine groups is 2. The number of benzene rings is 1. The zero-order valence-electron chi connectivity index (χ0n) is 27.7. The Morgan fingerprint density at radius 1 is 1.35 bits per heavy atom. The molecule has 3 aliphatic heterocycles. The minimum Gasteiger partial charge on any atom is -0.485 e. The van der Waals surface area contributed by atoms with Crippen LogP contribution in [-0.4, -0.2) is 118 Å². The number of rotatable bonds is 13. The molecular weight excluding hydrogens is 715 g/mol. The summed E-state index contributed by atoms with van der Waals surface area (Å²) >= 11 is 0.963. The zero-order chi connectivity index (χ0) is 37.3. The molecule has 1 fully saturated rings. The molecule has 0 bridgehead atoms. The summed E-state index contributed by atoms with van der Waals surface area (Å²) in [6.07, 6.45) is -1.08. The van der Waals surface area contributed by atoms with Gasteiger partial charge in [-0.15, -0.1) is 15.6 Å². The number of aliphatic carboxylic acids is 1. The van der Waals surface area contributed by atoms with Crippen LogP contribution in [0.5, 0.6) is 5.75 Å². The lowest BCUT2D eigenvalue weighted by Crippen LogP contribution is -2.76. The first-order valence-electron chi connectivity index (χ1n) is 15.7. The van der Waals surface area contributed by atoms with E-state index in [0.717, 1.165) is 22.5 Å². The monoisotopic (exact) mass is 753 g/mol. The maximum atomic E-state index is 13.5. The van der Waals surface area contributed by atoms with E-state index in [0.29, 0.717) is 36.3 Å². The molecule has 2 aromatic rings. The highest BCUT2D eigenvalue weighted by Crippen LogP contribution is 2.36. The van der Waals surface area contributed by atoms with Gasteiger partial charge in [0.05, 0.1) is 18.2 Å². The number of aromatic nitrogens is 1. The van der Waals surface area contributed by atoms with Gasteiger partial charge < -0.3 is 47.2 Å². The van der Waals surface area contributed by atoms with Crippen molar-refractivity contribution < 1.29 is 51.4 Å². The van der Waals surface area contributed by atoms with Crippen molar-refractivity contribution in [1.29, 1.82) is 0 Å². The SMILES string of the molecule is CC(O/N=C(\C(=O)N[C@@H]1C(=O)N(OS(=O)(=O)O)C1(C)C)c1csc(N)n1)(C(=O)O)[C@H]1CCc2cc(C3CN=C(NC[C@@H](O)CN)NC3)ccc2O1. The van der Waals surface area contributed by atoms with Crippen molar-refractivity contribution in [2.75, 3.05) is 31.9 Å². The van der Waals surface area contributed by atoms with Crippen LogP contribution in [0.4, 0.5) is 5.13 Å². The molecule has 0 radical (unpaired) electrons. The summed E-state index contributed by atoms with van der Waals surface area (Å²) < 4.78 is 41.8. The highest BCUT2D eigenvalue weighted by molar-refractivity contribution is 7.80. The molecule has 20 nitrogen and oxygen atoms in total. The second kappa shape index (κ2) is 14.6. The number of aryl methyl sites for hydroxylation is 1. The maximum Gasteiger partial charge on any atom is 0.418 e. The third-order valence-electron chi connectivity index (χ3n) is 8.73. The van der Waals surface area contributed by atoms with Gasteiger partial charge in [-0.2, -0.15) is 13.5 Å². The van der Waals surface area contributed by atoms with E-state index in [1.54, 1.807) is 6.07 Å². The molecule has 1 aromatic heterocycles. The van der Waals surface area contributed by atoms with E-state index in [9.17, 15) is 33.0 Å². The molecule has 4 heterocycles. The number of carboxylic acid groups (broad SMARTS) is 1. The number of amides is 2. The van der Waals surface area contributed by atoms with Crippen molar-refractivity contribution in [2.45, 2.75) is 68.9 Å². The molecule has 51 heavy (non-hydrogen) atoms. The first-order chi connectivity index (χ1) is 23.9. The number of aliphatic hydroxyl groups is 1. The molecular formula is C29H39N9O11S2. The van der Waals surface area contributed by atoms with E-state index in [1.165, 1.54) is 26.2 Å². The van der Waals surface area contributed by atoms with Crippen molar-refractivity contribution in [2.24, 2.45) is 15.9 Å². The van der Waals surface area contributed by atoms with E-state index in [1.807, 2.05) is 12.1 Å². The number of β-lactam (4-membered cyclic amide) rings is 1. The Bertz CT molecular complexity index is 1850. The second-order valence-electron chi connectivity index (χ2n) is 12.8. The topological polar surface area (TPSA) is 303 Å². The highest BCUT2D eigenvalue weighted by atomic mass is 32.3. The Labute approximate surface area is 296 Å². The number of nitrogens with one attached hydrogen (secondary N) is 3. The summed E-state index contributed by atoms with van der Waals surface area (Å²) in [6.45, 7) is 5.50. The number of carbonyl (C=O) groups is 3. The van der Waals surface area contributed by atoms with Gasteiger partial charge in [0.2, 0.25) is 0 Å². The Morgan fingerprint density at radius 3 is 2.69 bits per heavy atom. The fourth-order valence-corrected chi connectivity index (χ4v) is 6.63. The van der Waals surface area contributed by atoms with Gasteiger partial charge in [0.25, 0.3) is 17.4 Å². The molecule has 0 spiro atoms. The van der Waals surface area contributed by atoms with Gasteiger partial charge in [0.15, 0.2) is 22.9 Å². The number of carbonyl (C=O) groups excluding carboxylic acids is 2. The van der Waals surface area contributed by atoms with E-state index in [2.05, 4.69) is 35.4 Å². The molecule has 0 saturated carbocycles. The van der Waals surface area contributed by atoms with E-state index >= 15 is 0 Å². The smallest absolute Gasteiger partial charge is 0.418 e. The molecule has 1 saturated heterocycles. The fraction of sp³-hybridized carbons (Fsp3) is 0.517. The third-order valence-corrected chi connectivity index (χ3v) is 9.74. The van der Waals surface area contributed by atoms with Gasteiger partial charge in [-0.05, 0) is 50.8 Å². The summed E-state index contributed by atoms with van der Waals surface area (Å²) in [5.74, 6) is -2.36. The molecule has 2 unspecified atom stereocenters. The Kier molecular flexibility index (Phi) is 10.7. The standard InChI is InChI=1S/C29H39N9O11S2/c1-28(2)22(24(41)38(28)49-51(44,45)46)36-23(40)21(18-13-50-26(31)35-18)37-48-29(3,25(42)43)20-7-5-15-8-14(4-6-19(15)47-20)16-10-32-27(33-11-16)34-12-17(39)9-30/h4,6,8,13,16-17,20,22,39H,5,7,9-12,30H2,1-3H3,(H2,31,35)(H,36,40)(H,42,43)(H2,32,33,34)(H,44,45,46)/b37-21-/t17-,20+,22+,29?/m0/s1. The van der Waals surface area contributed by atoms with Crippen LogP contribution in [0.25, 0.3) is 0 Å². The number of oxime groups is 1. The van der Waals surface area contributed by atoms with Crippen LogP contribution in [0, 0.1) is 0 Å². The maximum absolute atomic E-state index is 13.5. The number of nitrogen functional groups attached to an aromatic ring is 1. The number of nitrogens with two attached hydrogens (primary N) is 2. The lowest BCUT2D eigenvalue weighted by molar-refractivity contribution is -0.218. The lowest BCUT2D eigenvalue weighted by Gasteiger charge is -2.50. The first-order valence-corrected chi connectivity index (χ1v) is 17.9. The number of thiazole rings is 1. The largest absolute Gasteiger partial charge is 0.485 e. The van der Waals surface area contributed by atoms with Crippen molar-refractivity contribution in [1.82, 2.24) is 26.0 Å². The zero-order valence-corrected chi connectivity index (χ0v) is 29.4. The van der Waals surface area contributed by atoms with Crippen molar-refractivity contribution in [3.8, 4) is 5.75 Å². The van der Waals surface area contributed by atoms with Crippen molar-refractivity contribution >= 4 is 56.3 Å². The molecule has 3 aliphatic rings. The number of guanidine groups is 1. The average Bonchev–Trinajstić information content (AvgIpc) is 3.52. The number of carboxylic acids is 1. The summed E-state index contributed by atoms with van der Waals surface area (Å²) in [6, 6.07) is 4.27. The molecule has 5 atom stereocenters. The van der Waals surface area contributed by atoms with Crippen LogP contribution in [0.3, 0.4) is 0 Å². The van der Waals surface area contributed by atoms with Gasteiger partial charge in [0.1, 0.15) is 17.5 Å². The van der Waals surface area contributed by atoms with E-state index in [-0.39, 0.29) is 36.3 Å². The molecule has 10 N–H and O–H groups in total. The van der Waals surface area contributed by atoms with Crippen LogP contribution >= 0.6 is 11.3 Å². The number of fused-ring (bicyclic) bond motifs is 1. The van der Waals surface area contributed by atoms with Crippen LogP contribution in [0.2, 0.25) is 0 Å². The molecule has 5 rings (SSSR count). The Balaban J connectivity index is 1.30. The molecule has 1 aromatic carbocycles. The lowest BCUT2D eigenvalue weighted by atomic mass is 9.84. The predicted octanol–water partition coefficient (Wildman–Crippen LogP) is -1.52. The Hall–Kier alpha value is -4.61. The number of nitrogens with zero attached hydrogens (tertiary/aromatic N) is 4. The van der Waals surface area contributed by atoms with Gasteiger partial charge in [0, 0.05) is 30.9 Å². The summed E-state index contributed by atoms with van der Waals surface area (Å²) in [5, 5.41) is 34.3. The minimum atomic E-state index is -5.03. The third kappa shape index (κ3) is 8.15. The summed E-state index contributed by atoms with van der Waals surface area (Å²) in [5.41, 5.74) is 8.91. The highest BCUT2D eigenvalue weighted by Gasteiger charge is 2.58. The quantitative estimate of drug-likeness (QED) is 0.0498. The van der Waals surface area contributed by atoms with Crippen molar-refractivity contribution in [3.05, 3.63) is 40.4 Å². The number of ether oxygens (including phenoxy) is 1. The molecule has 0 aliphatic carbocycles. The van der Waals surface area contributed by atoms with E-state index in [4.69, 9.17) is 25.6 Å². The average molecular weight is 754 g/mol. The number of aliphatic imine (C=N–C) groups is 1. The van der Waals surface area contributed by atoms with Crippen LogP contribution in [0.1, 0.15) is 49.9 Å². The van der Waals surface area contributed by atoms with Crippen molar-refractivity contribution in [3.63, 3.8) is 0 Å². The predicted molar refractivity (Wildman–Crippen MR) is 181 cm³/mol. The normalized spacial score (nSPS) is 23.3. The summed E-state index contributed by atoms with van der Waals surface area (Å²) in [7, 11) is -5.03. The first kappa shape index (κ1) is 37.6. The number of hydrogen-bond acceptors (Lipinski definition) is 17. The number of hydrogen-bond donors (Lipinski definition) is 8. The van der Waals surface area contributed by atoms with Gasteiger partial charge >= 0.3 is 16.4 Å². The molecule has 22 heteroatoms. The summed E-state index contributed by atoms with van der Waals surface area (Å²) in [4.78, 5) is 52.9. The second-order valence-corrected chi connectivity index (χ2v) is 14.7. The fourth-order valence-electron chi connectivity index (χ4n) is 5.63. The van der Waals surface area contributed by atoms with Crippen LogP contribution in [0.15, 0.2) is 33.7 Å². The van der Waals surface area contributed by atoms with Crippen LogP contribution < -0.4 is 32.2 Å². The van der Waals surface area contributed by atoms with Crippen LogP contribution in [-0.2, 0) is 40.3 Å². The minimum absolute atomic E-state index is 0.0566. The van der Waals surface area contributed by atoms with Gasteiger partial charge in [-0.1, -0.05) is 17.3 Å². The van der Waals surface area contributed by atoms with Gasteiger partial charge in [-0.25, -0.2) is 9.78 Å². The van der Waals surface area contributed by atoms with E-state index < -0.39 is 63.3 Å². The molecule has 2 amide bonds. The number of anilines is 1. The Morgan fingerprint density at radius 2 is 2.10 bits per heavy atom. The van der Waals surface area contributed by atoms with Gasteiger partial charge in [-0.3, -0.25) is 19.1 Å².